The minimum Gasteiger partial charge on any atom is -0.481 e. The molecule has 0 amide bonds. The number of hydrogen-bond donors (Lipinski definition) is 4. The van der Waals surface area contributed by atoms with Crippen molar-refractivity contribution in [3.8, 4) is 0 Å². The molecule has 0 aromatic heterocycles. The highest BCUT2D eigenvalue weighted by molar-refractivity contribution is 5.77. The zero-order valence-electron chi connectivity index (χ0n) is 15.2. The van der Waals surface area contributed by atoms with Gasteiger partial charge < -0.3 is 20.9 Å². The molecule has 1 aliphatic rings. The first-order valence-electron chi connectivity index (χ1n) is 7.66. The first-order valence-corrected chi connectivity index (χ1v) is 7.66. The fourth-order valence-electron chi connectivity index (χ4n) is 2.01. The van der Waals surface area contributed by atoms with E-state index in [4.69, 9.17) is 21.0 Å². The van der Waals surface area contributed by atoms with Gasteiger partial charge in [-0.25, -0.2) is 0 Å². The number of carbonyl (C=O) groups is 2. The third kappa shape index (κ3) is 16.6. The molecule has 5 N–H and O–H groups in total. The maximum atomic E-state index is 9.60. The Labute approximate surface area is 139 Å². The molecule has 7 heteroatoms. The van der Waals surface area contributed by atoms with Crippen LogP contribution >= 0.6 is 0 Å². The number of ether oxygens (including phenoxy) is 1. The summed E-state index contributed by atoms with van der Waals surface area (Å²) in [4.78, 5) is 18.6. The standard InChI is InChI=1S/C9H19N3.C5H10O2.C2H4O2/c1-9(2)6-12-4-3-7(9)5-8(10)11;1-5(2,3)7-4-6;1-2(3)4/h7,12H,3-6H2,1-2H3,(H3,10,11);4H,1-3H3;1H3,(H,3,4). The number of carboxylic acids is 1. The Balaban J connectivity index is 0. The molecule has 1 saturated heterocycles. The van der Waals surface area contributed by atoms with E-state index in [0.29, 0.717) is 23.6 Å². The van der Waals surface area contributed by atoms with Crippen LogP contribution in [0, 0.1) is 16.7 Å². The first kappa shape index (κ1) is 23.6. The van der Waals surface area contributed by atoms with Crippen molar-refractivity contribution in [3.05, 3.63) is 0 Å². The zero-order chi connectivity index (χ0) is 18.7. The molecule has 0 radical (unpaired) electrons. The molecular weight excluding hydrogens is 298 g/mol. The van der Waals surface area contributed by atoms with Crippen LogP contribution < -0.4 is 11.1 Å². The smallest absolute Gasteiger partial charge is 0.300 e. The number of rotatable bonds is 3. The molecule has 1 atom stereocenters. The van der Waals surface area contributed by atoms with Gasteiger partial charge in [-0.1, -0.05) is 13.8 Å². The first-order chi connectivity index (χ1) is 10.3. The van der Waals surface area contributed by atoms with E-state index < -0.39 is 5.97 Å². The molecule has 1 aliphatic heterocycles. The summed E-state index contributed by atoms with van der Waals surface area (Å²) in [6, 6.07) is 0. The Morgan fingerprint density at radius 3 is 2.22 bits per heavy atom. The number of carboxylic acid groups (broad SMARTS) is 1. The van der Waals surface area contributed by atoms with Crippen LogP contribution in [0.5, 0.6) is 0 Å². The number of nitrogens with two attached hydrogens (primary N) is 1. The van der Waals surface area contributed by atoms with Crippen LogP contribution in [0.3, 0.4) is 0 Å². The Morgan fingerprint density at radius 1 is 1.48 bits per heavy atom. The van der Waals surface area contributed by atoms with Gasteiger partial charge in [0, 0.05) is 19.9 Å². The van der Waals surface area contributed by atoms with Crippen molar-refractivity contribution >= 4 is 18.3 Å². The maximum absolute atomic E-state index is 9.60. The van der Waals surface area contributed by atoms with E-state index in [1.165, 1.54) is 0 Å². The molecule has 1 heterocycles. The van der Waals surface area contributed by atoms with Crippen molar-refractivity contribution in [2.45, 2.75) is 60.0 Å². The van der Waals surface area contributed by atoms with Crippen LogP contribution in [0.15, 0.2) is 0 Å². The van der Waals surface area contributed by atoms with Gasteiger partial charge in [0.2, 0.25) is 0 Å². The van der Waals surface area contributed by atoms with Crippen LogP contribution in [0.25, 0.3) is 0 Å². The van der Waals surface area contributed by atoms with Gasteiger partial charge in [-0.15, -0.1) is 0 Å². The van der Waals surface area contributed by atoms with Crippen LogP contribution in [-0.2, 0) is 14.3 Å². The normalized spacial score (nSPS) is 19.1. The summed E-state index contributed by atoms with van der Waals surface area (Å²) < 4.78 is 4.55. The molecule has 0 aromatic rings. The number of nitrogens with one attached hydrogen (secondary N) is 2. The number of piperidine rings is 1. The molecule has 0 bridgehead atoms. The molecule has 1 unspecified atom stereocenters. The molecular formula is C16H33N3O4. The van der Waals surface area contributed by atoms with Crippen molar-refractivity contribution < 1.29 is 19.4 Å². The highest BCUT2D eigenvalue weighted by Gasteiger charge is 2.32. The molecule has 0 aliphatic carbocycles. The van der Waals surface area contributed by atoms with Gasteiger partial charge in [-0.3, -0.25) is 15.0 Å². The summed E-state index contributed by atoms with van der Waals surface area (Å²) in [5.74, 6) is 0.0752. The molecule has 1 rings (SSSR count). The Hall–Kier alpha value is -1.63. The fraction of sp³-hybridized carbons (Fsp3) is 0.812. The summed E-state index contributed by atoms with van der Waals surface area (Å²) in [7, 11) is 0. The lowest BCUT2D eigenvalue weighted by molar-refractivity contribution is -0.138. The molecule has 1 fully saturated rings. The van der Waals surface area contributed by atoms with Gasteiger partial charge in [0.25, 0.3) is 12.4 Å². The monoisotopic (exact) mass is 331 g/mol. The Bertz CT molecular complexity index is 372. The van der Waals surface area contributed by atoms with E-state index >= 15 is 0 Å². The van der Waals surface area contributed by atoms with E-state index in [-0.39, 0.29) is 5.60 Å². The SMILES string of the molecule is CC(=O)O.CC(C)(C)OC=O.CC1(C)CNCCC1CC(=N)N. The minimum atomic E-state index is -0.833. The number of amidine groups is 1. The third-order valence-electron chi connectivity index (χ3n) is 3.22. The highest BCUT2D eigenvalue weighted by Crippen LogP contribution is 2.33. The van der Waals surface area contributed by atoms with Crippen molar-refractivity contribution in [1.29, 1.82) is 5.41 Å². The maximum Gasteiger partial charge on any atom is 0.300 e. The van der Waals surface area contributed by atoms with Gasteiger partial charge in [0.05, 0.1) is 5.84 Å². The Kier molecular flexibility index (Phi) is 11.3. The van der Waals surface area contributed by atoms with Gasteiger partial charge in [-0.2, -0.15) is 0 Å². The van der Waals surface area contributed by atoms with Crippen LogP contribution in [0.2, 0.25) is 0 Å². The second-order valence-electron chi connectivity index (χ2n) is 7.23. The lowest BCUT2D eigenvalue weighted by atomic mass is 9.73. The van der Waals surface area contributed by atoms with Crippen molar-refractivity contribution in [2.75, 3.05) is 13.1 Å². The summed E-state index contributed by atoms with van der Waals surface area (Å²) in [5, 5.41) is 18.0. The molecule has 136 valence electrons. The minimum absolute atomic E-state index is 0.296. The summed E-state index contributed by atoms with van der Waals surface area (Å²) in [5.41, 5.74) is 5.39. The fourth-order valence-corrected chi connectivity index (χ4v) is 2.01. The average Bonchev–Trinajstić information content (AvgIpc) is 2.30. The summed E-state index contributed by atoms with van der Waals surface area (Å²) in [6.07, 6.45) is 1.90. The topological polar surface area (TPSA) is 125 Å². The van der Waals surface area contributed by atoms with E-state index in [2.05, 4.69) is 23.9 Å². The molecule has 0 spiro atoms. The van der Waals surface area contributed by atoms with Crippen molar-refractivity contribution in [1.82, 2.24) is 5.32 Å². The number of aliphatic carboxylic acids is 1. The average molecular weight is 331 g/mol. The van der Waals surface area contributed by atoms with Crippen LogP contribution in [-0.4, -0.2) is 42.1 Å². The summed E-state index contributed by atoms with van der Waals surface area (Å²) in [6.45, 7) is 13.6. The highest BCUT2D eigenvalue weighted by atomic mass is 16.5. The van der Waals surface area contributed by atoms with Gasteiger partial charge in [-0.05, 0) is 45.1 Å². The van der Waals surface area contributed by atoms with Crippen molar-refractivity contribution in [3.63, 3.8) is 0 Å². The zero-order valence-corrected chi connectivity index (χ0v) is 15.2. The van der Waals surface area contributed by atoms with Gasteiger partial charge in [0.15, 0.2) is 0 Å². The van der Waals surface area contributed by atoms with E-state index in [0.717, 1.165) is 32.9 Å². The van der Waals surface area contributed by atoms with Gasteiger partial charge >= 0.3 is 0 Å². The second-order valence-corrected chi connectivity index (χ2v) is 7.23. The predicted molar refractivity (Wildman–Crippen MR) is 91.5 cm³/mol. The van der Waals surface area contributed by atoms with Gasteiger partial charge in [0.1, 0.15) is 5.60 Å². The largest absolute Gasteiger partial charge is 0.481 e. The van der Waals surface area contributed by atoms with Crippen LogP contribution in [0.4, 0.5) is 0 Å². The quantitative estimate of drug-likeness (QED) is 0.356. The molecule has 23 heavy (non-hydrogen) atoms. The number of hydrogen-bond acceptors (Lipinski definition) is 5. The van der Waals surface area contributed by atoms with E-state index in [1.54, 1.807) is 0 Å². The van der Waals surface area contributed by atoms with E-state index in [9.17, 15) is 4.79 Å². The second kappa shape index (κ2) is 11.0. The molecule has 0 aromatic carbocycles. The van der Waals surface area contributed by atoms with E-state index in [1.807, 2.05) is 20.8 Å². The third-order valence-corrected chi connectivity index (χ3v) is 3.22. The molecule has 0 saturated carbocycles. The summed E-state index contributed by atoms with van der Waals surface area (Å²) >= 11 is 0. The number of carbonyl (C=O) groups excluding carboxylic acids is 1. The lowest BCUT2D eigenvalue weighted by Gasteiger charge is -2.38. The Morgan fingerprint density at radius 2 is 1.96 bits per heavy atom. The van der Waals surface area contributed by atoms with Crippen LogP contribution in [0.1, 0.15) is 54.4 Å². The molecule has 7 nitrogen and oxygen atoms in total. The van der Waals surface area contributed by atoms with Crippen molar-refractivity contribution in [2.24, 2.45) is 17.1 Å². The predicted octanol–water partition coefficient (Wildman–Crippen LogP) is 2.00. The lowest BCUT2D eigenvalue weighted by Crippen LogP contribution is -2.44.